The van der Waals surface area contributed by atoms with Gasteiger partial charge in [0.25, 0.3) is 0 Å². The summed E-state index contributed by atoms with van der Waals surface area (Å²) in [6, 6.07) is 12.2. The zero-order chi connectivity index (χ0) is 29.2. The standard InChI is InChI=1S/C31H36O9/c1-17-14-19-15-21(34-3)25(36-5)27(38-7)23(19)24-20(16-22(35-4)26(37-6)28(24)39-8)29(31(17,2)33)40-30(32)18-12-10-9-11-13-18/h9-13,15-17,29,33H,14H2,1-8H3/t17-,29?,31+/m0/s1. The highest BCUT2D eigenvalue weighted by Gasteiger charge is 2.47. The first-order valence-electron chi connectivity index (χ1n) is 12.8. The molecule has 4 rings (SSSR count). The Bertz CT molecular complexity index is 1380. The summed E-state index contributed by atoms with van der Waals surface area (Å²) < 4.78 is 40.8. The molecule has 0 radical (unpaired) electrons. The average Bonchev–Trinajstić information content (AvgIpc) is 2.97. The van der Waals surface area contributed by atoms with Gasteiger partial charge in [0.1, 0.15) is 5.60 Å². The maximum Gasteiger partial charge on any atom is 0.338 e. The number of rotatable bonds is 8. The molecule has 0 bridgehead atoms. The number of aliphatic hydroxyl groups is 1. The van der Waals surface area contributed by atoms with Gasteiger partial charge in [0, 0.05) is 16.7 Å². The van der Waals surface area contributed by atoms with Gasteiger partial charge in [-0.3, -0.25) is 0 Å². The molecule has 1 unspecified atom stereocenters. The molecule has 0 spiro atoms. The molecule has 3 aromatic carbocycles. The van der Waals surface area contributed by atoms with Gasteiger partial charge in [0.05, 0.1) is 48.2 Å². The van der Waals surface area contributed by atoms with E-state index in [4.69, 9.17) is 33.2 Å². The zero-order valence-corrected chi connectivity index (χ0v) is 24.1. The number of esters is 1. The largest absolute Gasteiger partial charge is 0.493 e. The van der Waals surface area contributed by atoms with Crippen molar-refractivity contribution in [3.63, 3.8) is 0 Å². The Morgan fingerprint density at radius 2 is 1.30 bits per heavy atom. The van der Waals surface area contributed by atoms with Crippen molar-refractivity contribution in [2.24, 2.45) is 5.92 Å². The SMILES string of the molecule is COc1cc2c(c(OC)c1OC)-c1c(cc(OC)c(OC)c1OC)C(OC(=O)c1ccccc1)[C@](C)(O)[C@@H](C)C2. The highest BCUT2D eigenvalue weighted by molar-refractivity contribution is 5.91. The summed E-state index contributed by atoms with van der Waals surface area (Å²) in [5.74, 6) is 1.24. The van der Waals surface area contributed by atoms with Crippen LogP contribution in [0.5, 0.6) is 34.5 Å². The first kappa shape index (κ1) is 28.9. The quantitative estimate of drug-likeness (QED) is 0.376. The van der Waals surface area contributed by atoms with E-state index in [1.54, 1.807) is 44.4 Å². The third-order valence-electron chi connectivity index (χ3n) is 7.59. The van der Waals surface area contributed by atoms with Gasteiger partial charge in [-0.15, -0.1) is 0 Å². The molecule has 0 fully saturated rings. The van der Waals surface area contributed by atoms with Gasteiger partial charge >= 0.3 is 5.97 Å². The first-order chi connectivity index (χ1) is 19.2. The Morgan fingerprint density at radius 1 is 0.775 bits per heavy atom. The van der Waals surface area contributed by atoms with Gasteiger partial charge in [-0.2, -0.15) is 0 Å². The van der Waals surface area contributed by atoms with Crippen LogP contribution in [0.2, 0.25) is 0 Å². The van der Waals surface area contributed by atoms with Crippen molar-refractivity contribution < 1.29 is 43.1 Å². The van der Waals surface area contributed by atoms with Gasteiger partial charge in [0.2, 0.25) is 11.5 Å². The molecule has 40 heavy (non-hydrogen) atoms. The van der Waals surface area contributed by atoms with Crippen molar-refractivity contribution in [2.45, 2.75) is 32.0 Å². The fourth-order valence-corrected chi connectivity index (χ4v) is 5.32. The van der Waals surface area contributed by atoms with Crippen LogP contribution in [0, 0.1) is 5.92 Å². The number of fused-ring (bicyclic) bond motifs is 3. The van der Waals surface area contributed by atoms with Gasteiger partial charge in [-0.1, -0.05) is 25.1 Å². The van der Waals surface area contributed by atoms with Crippen LogP contribution in [0.3, 0.4) is 0 Å². The summed E-state index contributed by atoms with van der Waals surface area (Å²) in [7, 11) is 9.13. The third kappa shape index (κ3) is 4.75. The summed E-state index contributed by atoms with van der Waals surface area (Å²) in [5, 5.41) is 12.1. The minimum absolute atomic E-state index is 0.315. The Hall–Kier alpha value is -4.11. The van der Waals surface area contributed by atoms with Gasteiger partial charge < -0.3 is 38.3 Å². The van der Waals surface area contributed by atoms with E-state index in [0.29, 0.717) is 63.2 Å². The lowest BCUT2D eigenvalue weighted by Gasteiger charge is -2.41. The van der Waals surface area contributed by atoms with Crippen molar-refractivity contribution in [1.29, 1.82) is 0 Å². The zero-order valence-electron chi connectivity index (χ0n) is 24.1. The molecule has 3 aromatic rings. The second kappa shape index (κ2) is 11.6. The Balaban J connectivity index is 2.15. The second-order valence-corrected chi connectivity index (χ2v) is 9.77. The maximum absolute atomic E-state index is 13.4. The number of benzene rings is 3. The van der Waals surface area contributed by atoms with Gasteiger partial charge in [0.15, 0.2) is 29.1 Å². The summed E-state index contributed by atoms with van der Waals surface area (Å²) >= 11 is 0. The smallest absolute Gasteiger partial charge is 0.338 e. The molecule has 0 saturated heterocycles. The predicted molar refractivity (Wildman–Crippen MR) is 149 cm³/mol. The summed E-state index contributed by atoms with van der Waals surface area (Å²) in [5.41, 5.74) is 1.22. The van der Waals surface area contributed by atoms with Crippen LogP contribution < -0.4 is 28.4 Å². The molecule has 0 saturated carbocycles. The number of carbonyl (C=O) groups is 1. The lowest BCUT2D eigenvalue weighted by molar-refractivity contribution is -0.107. The topological polar surface area (TPSA) is 102 Å². The molecule has 0 aliphatic heterocycles. The van der Waals surface area contributed by atoms with E-state index in [1.165, 1.54) is 35.5 Å². The molecule has 9 nitrogen and oxygen atoms in total. The van der Waals surface area contributed by atoms with Crippen molar-refractivity contribution >= 4 is 5.97 Å². The number of hydrogen-bond acceptors (Lipinski definition) is 9. The molecular weight excluding hydrogens is 516 g/mol. The molecule has 3 atom stereocenters. The molecule has 1 aliphatic rings. The third-order valence-corrected chi connectivity index (χ3v) is 7.59. The normalized spacial score (nSPS) is 19.7. The van der Waals surface area contributed by atoms with Crippen LogP contribution in [0.15, 0.2) is 42.5 Å². The van der Waals surface area contributed by atoms with Crippen LogP contribution in [-0.2, 0) is 11.2 Å². The van der Waals surface area contributed by atoms with Crippen molar-refractivity contribution in [3.05, 3.63) is 59.2 Å². The summed E-state index contributed by atoms with van der Waals surface area (Å²) in [4.78, 5) is 13.4. The number of carbonyl (C=O) groups excluding carboxylic acids is 1. The number of ether oxygens (including phenoxy) is 7. The molecule has 1 N–H and O–H groups in total. The number of hydrogen-bond donors (Lipinski definition) is 1. The van der Waals surface area contributed by atoms with E-state index in [0.717, 1.165) is 5.56 Å². The van der Waals surface area contributed by atoms with Crippen molar-refractivity contribution in [2.75, 3.05) is 42.7 Å². The monoisotopic (exact) mass is 552 g/mol. The molecule has 9 heteroatoms. The van der Waals surface area contributed by atoms with E-state index < -0.39 is 23.6 Å². The van der Waals surface area contributed by atoms with Crippen molar-refractivity contribution in [1.82, 2.24) is 0 Å². The van der Waals surface area contributed by atoms with Crippen LogP contribution in [0.1, 0.15) is 41.4 Å². The lowest BCUT2D eigenvalue weighted by atomic mass is 9.73. The average molecular weight is 553 g/mol. The van der Waals surface area contributed by atoms with E-state index in [-0.39, 0.29) is 0 Å². The molecule has 214 valence electrons. The van der Waals surface area contributed by atoms with E-state index >= 15 is 0 Å². The van der Waals surface area contributed by atoms with E-state index in [1.807, 2.05) is 19.1 Å². The lowest BCUT2D eigenvalue weighted by Crippen LogP contribution is -2.43. The highest BCUT2D eigenvalue weighted by Crippen LogP contribution is 2.58. The fourth-order valence-electron chi connectivity index (χ4n) is 5.32. The Kier molecular flexibility index (Phi) is 8.34. The first-order valence-corrected chi connectivity index (χ1v) is 12.8. The van der Waals surface area contributed by atoms with Gasteiger partial charge in [-0.25, -0.2) is 4.79 Å². The van der Waals surface area contributed by atoms with Crippen LogP contribution in [-0.4, -0.2) is 59.3 Å². The molecule has 0 amide bonds. The minimum Gasteiger partial charge on any atom is -0.493 e. The van der Waals surface area contributed by atoms with Crippen LogP contribution in [0.25, 0.3) is 11.1 Å². The highest BCUT2D eigenvalue weighted by atomic mass is 16.6. The molecular formula is C31H36O9. The molecule has 0 aromatic heterocycles. The summed E-state index contributed by atoms with van der Waals surface area (Å²) in [6.07, 6.45) is -0.750. The molecule has 0 heterocycles. The second-order valence-electron chi connectivity index (χ2n) is 9.77. The molecule has 1 aliphatic carbocycles. The Morgan fingerprint density at radius 3 is 1.82 bits per heavy atom. The maximum atomic E-state index is 13.4. The summed E-state index contributed by atoms with van der Waals surface area (Å²) in [6.45, 7) is 3.57. The van der Waals surface area contributed by atoms with E-state index in [9.17, 15) is 9.90 Å². The van der Waals surface area contributed by atoms with Crippen molar-refractivity contribution in [3.8, 4) is 45.6 Å². The minimum atomic E-state index is -1.53. The fraction of sp³-hybridized carbons (Fsp3) is 0.387. The van der Waals surface area contributed by atoms with Crippen LogP contribution >= 0.6 is 0 Å². The van der Waals surface area contributed by atoms with Crippen LogP contribution in [0.4, 0.5) is 0 Å². The number of methoxy groups -OCH3 is 6. The Labute approximate surface area is 234 Å². The van der Waals surface area contributed by atoms with E-state index in [2.05, 4.69) is 0 Å². The predicted octanol–water partition coefficient (Wildman–Crippen LogP) is 5.25. The van der Waals surface area contributed by atoms with Gasteiger partial charge in [-0.05, 0) is 49.1 Å².